The van der Waals surface area contributed by atoms with Crippen molar-refractivity contribution in [1.82, 2.24) is 4.90 Å². The Morgan fingerprint density at radius 2 is 1.90 bits per heavy atom. The van der Waals surface area contributed by atoms with E-state index in [2.05, 4.69) is 29.2 Å². The van der Waals surface area contributed by atoms with E-state index in [0.29, 0.717) is 35.8 Å². The number of carbonyl (C=O) groups excluding carboxylic acids is 2. The number of ether oxygens (including phenoxy) is 1. The highest BCUT2D eigenvalue weighted by Gasteiger charge is 2.24. The van der Waals surface area contributed by atoms with Crippen molar-refractivity contribution in [2.24, 2.45) is 0 Å². The van der Waals surface area contributed by atoms with Gasteiger partial charge >= 0.3 is 0 Å². The average molecular weight is 412 g/mol. The van der Waals surface area contributed by atoms with E-state index < -0.39 is 0 Å². The summed E-state index contributed by atoms with van der Waals surface area (Å²) in [6, 6.07) is 20.0. The third-order valence-electron chi connectivity index (χ3n) is 6.41. The van der Waals surface area contributed by atoms with Gasteiger partial charge < -0.3 is 9.64 Å². The number of allylic oxidation sites excluding steroid dienone is 2. The summed E-state index contributed by atoms with van der Waals surface area (Å²) >= 11 is 0. The molecule has 1 fully saturated rings. The van der Waals surface area contributed by atoms with Gasteiger partial charge in [0.2, 0.25) is 0 Å². The number of hydrogen-bond donors (Lipinski definition) is 0. The number of Topliss-reactive ketones (excluding diaryl/α,β-unsaturated/α-hetero) is 1. The molecule has 0 radical (unpaired) electrons. The van der Waals surface area contributed by atoms with Crippen LogP contribution in [0, 0.1) is 0 Å². The van der Waals surface area contributed by atoms with E-state index in [0.717, 1.165) is 36.0 Å². The molecule has 0 aromatic heterocycles. The zero-order valence-electron chi connectivity index (χ0n) is 17.6. The SMILES string of the molecule is C/C(=C\C(=O)c1ccc2cc3c(cc2c1)OCCC3=O)N1CCC(c2ccccc2)C1. The lowest BCUT2D eigenvalue weighted by atomic mass is 9.97. The molecule has 0 N–H and O–H groups in total. The molecule has 156 valence electrons. The number of hydrogen-bond acceptors (Lipinski definition) is 4. The Balaban J connectivity index is 1.35. The van der Waals surface area contributed by atoms with Crippen molar-refractivity contribution >= 4 is 22.3 Å². The molecular formula is C27H25NO3. The Kier molecular flexibility index (Phi) is 5.06. The molecule has 31 heavy (non-hydrogen) atoms. The van der Waals surface area contributed by atoms with Gasteiger partial charge in [-0.2, -0.15) is 0 Å². The molecule has 5 rings (SSSR count). The van der Waals surface area contributed by atoms with E-state index in [-0.39, 0.29) is 11.6 Å². The molecule has 4 nitrogen and oxygen atoms in total. The van der Waals surface area contributed by atoms with Crippen molar-refractivity contribution in [3.8, 4) is 5.75 Å². The number of ketones is 2. The van der Waals surface area contributed by atoms with Gasteiger partial charge in [-0.05, 0) is 47.9 Å². The molecule has 0 aliphatic carbocycles. The van der Waals surface area contributed by atoms with Crippen molar-refractivity contribution in [2.75, 3.05) is 19.7 Å². The predicted octanol–water partition coefficient (Wildman–Crippen LogP) is 5.38. The first-order valence-corrected chi connectivity index (χ1v) is 10.8. The molecule has 1 atom stereocenters. The minimum atomic E-state index is -0.00252. The zero-order valence-corrected chi connectivity index (χ0v) is 17.6. The van der Waals surface area contributed by atoms with Gasteiger partial charge in [0.25, 0.3) is 0 Å². The van der Waals surface area contributed by atoms with Crippen LogP contribution in [0.15, 0.2) is 72.4 Å². The van der Waals surface area contributed by atoms with Crippen molar-refractivity contribution in [2.45, 2.75) is 25.7 Å². The fourth-order valence-corrected chi connectivity index (χ4v) is 4.60. The summed E-state index contributed by atoms with van der Waals surface area (Å²) in [6.07, 6.45) is 3.26. The normalized spacial score (nSPS) is 18.7. The van der Waals surface area contributed by atoms with Crippen molar-refractivity contribution in [3.05, 3.63) is 89.1 Å². The minimum Gasteiger partial charge on any atom is -0.492 e. The first-order valence-electron chi connectivity index (χ1n) is 10.8. The third-order valence-corrected chi connectivity index (χ3v) is 6.41. The second-order valence-corrected chi connectivity index (χ2v) is 8.42. The van der Waals surface area contributed by atoms with Gasteiger partial charge in [-0.3, -0.25) is 9.59 Å². The van der Waals surface area contributed by atoms with Gasteiger partial charge in [-0.25, -0.2) is 0 Å². The maximum Gasteiger partial charge on any atom is 0.187 e. The molecule has 0 bridgehead atoms. The van der Waals surface area contributed by atoms with E-state index in [1.54, 1.807) is 6.08 Å². The van der Waals surface area contributed by atoms with Crippen LogP contribution in [-0.4, -0.2) is 36.2 Å². The van der Waals surface area contributed by atoms with Crippen molar-refractivity contribution in [3.63, 3.8) is 0 Å². The van der Waals surface area contributed by atoms with Gasteiger partial charge in [0, 0.05) is 42.8 Å². The van der Waals surface area contributed by atoms with Crippen LogP contribution in [0.25, 0.3) is 10.8 Å². The maximum atomic E-state index is 13.0. The van der Waals surface area contributed by atoms with Crippen molar-refractivity contribution in [1.29, 1.82) is 0 Å². The fraction of sp³-hybridized carbons (Fsp3) is 0.259. The Labute approximate surface area is 182 Å². The molecule has 2 aliphatic heterocycles. The van der Waals surface area contributed by atoms with Crippen LogP contribution in [0.1, 0.15) is 52.0 Å². The van der Waals surface area contributed by atoms with Gasteiger partial charge in [0.15, 0.2) is 11.6 Å². The average Bonchev–Trinajstić information content (AvgIpc) is 3.29. The maximum absolute atomic E-state index is 13.0. The van der Waals surface area contributed by atoms with Crippen LogP contribution >= 0.6 is 0 Å². The van der Waals surface area contributed by atoms with Gasteiger partial charge in [-0.1, -0.05) is 42.5 Å². The lowest BCUT2D eigenvalue weighted by molar-refractivity contribution is 0.0933. The van der Waals surface area contributed by atoms with Crippen LogP contribution in [-0.2, 0) is 0 Å². The van der Waals surface area contributed by atoms with Gasteiger partial charge in [0.05, 0.1) is 12.2 Å². The van der Waals surface area contributed by atoms with E-state index in [9.17, 15) is 9.59 Å². The minimum absolute atomic E-state index is 0.00252. The lowest BCUT2D eigenvalue weighted by Crippen LogP contribution is -2.19. The first-order chi connectivity index (χ1) is 15.1. The molecular weight excluding hydrogens is 386 g/mol. The van der Waals surface area contributed by atoms with Crippen LogP contribution in [0.5, 0.6) is 5.75 Å². The number of carbonyl (C=O) groups is 2. The van der Waals surface area contributed by atoms with Gasteiger partial charge in [-0.15, -0.1) is 0 Å². The van der Waals surface area contributed by atoms with Crippen LogP contribution in [0.4, 0.5) is 0 Å². The number of likely N-dealkylation sites (tertiary alicyclic amines) is 1. The second-order valence-electron chi connectivity index (χ2n) is 8.42. The number of rotatable bonds is 4. The number of nitrogens with zero attached hydrogens (tertiary/aromatic N) is 1. The standard InChI is InChI=1S/C27H25NO3/c1-18(28-11-9-22(17-28)19-5-3-2-4-6-19)13-26(30)21-8-7-20-15-24-25(29)10-12-31-27(24)16-23(20)14-21/h2-8,13-16,22H,9-12,17H2,1H3/b18-13+. The summed E-state index contributed by atoms with van der Waals surface area (Å²) in [5, 5.41) is 1.86. The summed E-state index contributed by atoms with van der Waals surface area (Å²) < 4.78 is 5.66. The Morgan fingerprint density at radius 3 is 2.74 bits per heavy atom. The smallest absolute Gasteiger partial charge is 0.187 e. The number of benzene rings is 3. The predicted molar refractivity (Wildman–Crippen MR) is 122 cm³/mol. The summed E-state index contributed by atoms with van der Waals surface area (Å²) in [7, 11) is 0. The van der Waals surface area contributed by atoms with Gasteiger partial charge in [0.1, 0.15) is 5.75 Å². The quantitative estimate of drug-likeness (QED) is 0.427. The van der Waals surface area contributed by atoms with E-state index >= 15 is 0 Å². The molecule has 0 saturated carbocycles. The molecule has 1 unspecified atom stereocenters. The highest BCUT2D eigenvalue weighted by Crippen LogP contribution is 2.31. The van der Waals surface area contributed by atoms with E-state index in [4.69, 9.17) is 4.74 Å². The lowest BCUT2D eigenvalue weighted by Gasteiger charge is -2.19. The molecule has 4 heteroatoms. The molecule has 1 saturated heterocycles. The topological polar surface area (TPSA) is 46.6 Å². The molecule has 2 heterocycles. The summed E-state index contributed by atoms with van der Waals surface area (Å²) in [5.74, 6) is 1.23. The molecule has 3 aromatic rings. The summed E-state index contributed by atoms with van der Waals surface area (Å²) in [5.41, 5.74) is 3.65. The van der Waals surface area contributed by atoms with Crippen molar-refractivity contribution < 1.29 is 14.3 Å². The van der Waals surface area contributed by atoms with Crippen LogP contribution in [0.2, 0.25) is 0 Å². The van der Waals surface area contributed by atoms with Crippen LogP contribution < -0.4 is 4.74 Å². The second kappa shape index (κ2) is 8.03. The number of fused-ring (bicyclic) bond motifs is 2. The summed E-state index contributed by atoms with van der Waals surface area (Å²) in [6.45, 7) is 4.33. The molecule has 0 spiro atoms. The monoisotopic (exact) mass is 411 g/mol. The Hall–Kier alpha value is -3.40. The highest BCUT2D eigenvalue weighted by atomic mass is 16.5. The summed E-state index contributed by atoms with van der Waals surface area (Å²) in [4.78, 5) is 27.4. The van der Waals surface area contributed by atoms with E-state index in [1.165, 1.54) is 5.56 Å². The zero-order chi connectivity index (χ0) is 21.4. The Bertz CT molecular complexity index is 1200. The molecule has 2 aliphatic rings. The Morgan fingerprint density at radius 1 is 1.06 bits per heavy atom. The third kappa shape index (κ3) is 3.86. The highest BCUT2D eigenvalue weighted by molar-refractivity contribution is 6.08. The van der Waals surface area contributed by atoms with E-state index in [1.807, 2.05) is 43.3 Å². The molecule has 3 aromatic carbocycles. The largest absolute Gasteiger partial charge is 0.492 e. The fourth-order valence-electron chi connectivity index (χ4n) is 4.60. The molecule has 0 amide bonds. The first kappa shape index (κ1) is 19.6. The van der Waals surface area contributed by atoms with Crippen LogP contribution in [0.3, 0.4) is 0 Å².